The average Bonchev–Trinajstić information content (AvgIpc) is 2.75. The van der Waals surface area contributed by atoms with E-state index in [2.05, 4.69) is 10.1 Å². The molecule has 0 aliphatic carbocycles. The number of aromatic nitrogens is 3. The third kappa shape index (κ3) is 1.43. The molecule has 0 bridgehead atoms. The summed E-state index contributed by atoms with van der Waals surface area (Å²) in [5.74, 6) is -0.532. The number of carbonyl (C=O) groups excluding carboxylic acids is 1. The number of rotatable bonds is 2. The maximum Gasteiger partial charge on any atom is 0.269 e. The zero-order chi connectivity index (χ0) is 9.26. The average molecular weight is 194 g/mol. The Morgan fingerprint density at radius 2 is 2.46 bits per heavy atom. The largest absolute Gasteiger partial charge is 0.364 e. The normalized spacial score (nSPS) is 10.2. The van der Waals surface area contributed by atoms with Gasteiger partial charge in [-0.05, 0) is 6.07 Å². The molecular weight excluding hydrogens is 188 g/mol. The first kappa shape index (κ1) is 7.93. The van der Waals surface area contributed by atoms with Crippen LogP contribution >= 0.6 is 11.3 Å². The molecule has 2 aromatic heterocycles. The van der Waals surface area contributed by atoms with Crippen molar-refractivity contribution in [2.45, 2.75) is 0 Å². The van der Waals surface area contributed by atoms with Crippen molar-refractivity contribution in [2.24, 2.45) is 5.73 Å². The van der Waals surface area contributed by atoms with Gasteiger partial charge in [0, 0.05) is 17.8 Å². The molecule has 2 rings (SSSR count). The maximum atomic E-state index is 10.7. The predicted molar refractivity (Wildman–Crippen MR) is 47.8 cm³/mol. The molecule has 66 valence electrons. The molecular formula is C7H6N4OS. The van der Waals surface area contributed by atoms with Crippen LogP contribution in [-0.2, 0) is 0 Å². The van der Waals surface area contributed by atoms with Gasteiger partial charge in [-0.15, -0.1) is 11.3 Å². The first-order valence-corrected chi connectivity index (χ1v) is 4.40. The van der Waals surface area contributed by atoms with Crippen LogP contribution in [0.4, 0.5) is 0 Å². The molecule has 0 aliphatic heterocycles. The first-order valence-electron chi connectivity index (χ1n) is 3.53. The van der Waals surface area contributed by atoms with E-state index in [4.69, 9.17) is 5.73 Å². The van der Waals surface area contributed by atoms with Gasteiger partial charge in [-0.3, -0.25) is 4.79 Å². The highest BCUT2D eigenvalue weighted by molar-refractivity contribution is 7.12. The first-order chi connectivity index (χ1) is 6.27. The molecule has 0 fully saturated rings. The lowest BCUT2D eigenvalue weighted by Crippen LogP contribution is -2.12. The van der Waals surface area contributed by atoms with Crippen LogP contribution in [0.1, 0.15) is 10.5 Å². The van der Waals surface area contributed by atoms with Gasteiger partial charge in [0.15, 0.2) is 0 Å². The number of primary amides is 1. The number of carbonyl (C=O) groups is 1. The second-order valence-electron chi connectivity index (χ2n) is 2.32. The lowest BCUT2D eigenvalue weighted by Gasteiger charge is -1.91. The molecule has 2 N–H and O–H groups in total. The lowest BCUT2D eigenvalue weighted by molar-refractivity contribution is 0.0995. The molecule has 0 unspecified atom stereocenters. The molecule has 6 heteroatoms. The summed E-state index contributed by atoms with van der Waals surface area (Å²) in [7, 11) is 0. The van der Waals surface area contributed by atoms with Crippen LogP contribution in [0.25, 0.3) is 5.13 Å². The monoisotopic (exact) mass is 194 g/mol. The summed E-state index contributed by atoms with van der Waals surface area (Å²) >= 11 is 1.44. The molecule has 5 nitrogen and oxygen atoms in total. The summed E-state index contributed by atoms with van der Waals surface area (Å²) in [5.41, 5.74) is 5.29. The Kier molecular flexibility index (Phi) is 1.82. The third-order valence-electron chi connectivity index (χ3n) is 1.46. The summed E-state index contributed by atoms with van der Waals surface area (Å²) in [6, 6.07) is 1.56. The summed E-state index contributed by atoms with van der Waals surface area (Å²) < 4.78 is 1.52. The molecule has 13 heavy (non-hydrogen) atoms. The molecule has 0 aliphatic rings. The molecule has 2 aromatic rings. The van der Waals surface area contributed by atoms with Gasteiger partial charge in [-0.25, -0.2) is 9.67 Å². The summed E-state index contributed by atoms with van der Waals surface area (Å²) in [6.45, 7) is 0. The van der Waals surface area contributed by atoms with Crippen LogP contribution in [0.5, 0.6) is 0 Å². The van der Waals surface area contributed by atoms with Gasteiger partial charge in [0.25, 0.3) is 5.91 Å². The van der Waals surface area contributed by atoms with Crippen LogP contribution in [0.3, 0.4) is 0 Å². The third-order valence-corrected chi connectivity index (χ3v) is 2.22. The fourth-order valence-electron chi connectivity index (χ4n) is 0.891. The van der Waals surface area contributed by atoms with E-state index in [-0.39, 0.29) is 5.69 Å². The minimum Gasteiger partial charge on any atom is -0.364 e. The summed E-state index contributed by atoms with van der Waals surface area (Å²) in [5, 5.41) is 6.49. The highest BCUT2D eigenvalue weighted by Crippen LogP contribution is 2.09. The number of nitrogens with two attached hydrogens (primary N) is 1. The highest BCUT2D eigenvalue weighted by Gasteiger charge is 2.06. The van der Waals surface area contributed by atoms with Crippen molar-refractivity contribution in [3.63, 3.8) is 0 Å². The Balaban J connectivity index is 2.39. The second-order valence-corrected chi connectivity index (χ2v) is 3.20. The smallest absolute Gasteiger partial charge is 0.269 e. The van der Waals surface area contributed by atoms with Crippen molar-refractivity contribution in [1.82, 2.24) is 14.8 Å². The Morgan fingerprint density at radius 1 is 1.62 bits per heavy atom. The molecule has 0 saturated carbocycles. The standard InChI is InChI=1S/C7H6N4OS/c8-6(12)5-1-3-11(10-5)7-9-2-4-13-7/h1-4H,(H2,8,12). The fraction of sp³-hybridized carbons (Fsp3) is 0. The Labute approximate surface area is 77.8 Å². The maximum absolute atomic E-state index is 10.7. The van der Waals surface area contributed by atoms with E-state index in [1.807, 2.05) is 5.38 Å². The topological polar surface area (TPSA) is 73.8 Å². The van der Waals surface area contributed by atoms with Crippen molar-refractivity contribution < 1.29 is 4.79 Å². The number of nitrogens with zero attached hydrogens (tertiary/aromatic N) is 3. The highest BCUT2D eigenvalue weighted by atomic mass is 32.1. The molecule has 1 amide bonds. The quantitative estimate of drug-likeness (QED) is 0.753. The zero-order valence-corrected chi connectivity index (χ0v) is 7.36. The number of hydrogen-bond donors (Lipinski definition) is 1. The molecule has 0 atom stereocenters. The summed E-state index contributed by atoms with van der Waals surface area (Å²) in [6.07, 6.45) is 3.32. The van der Waals surface area contributed by atoms with Gasteiger partial charge in [0.2, 0.25) is 5.13 Å². The van der Waals surface area contributed by atoms with Crippen LogP contribution in [0.2, 0.25) is 0 Å². The van der Waals surface area contributed by atoms with Gasteiger partial charge < -0.3 is 5.73 Å². The predicted octanol–water partition coefficient (Wildman–Crippen LogP) is 0.428. The van der Waals surface area contributed by atoms with E-state index in [1.54, 1.807) is 18.5 Å². The van der Waals surface area contributed by atoms with Gasteiger partial charge in [0.1, 0.15) is 5.69 Å². The zero-order valence-electron chi connectivity index (χ0n) is 6.54. The Morgan fingerprint density at radius 3 is 3.00 bits per heavy atom. The summed E-state index contributed by atoms with van der Waals surface area (Å²) in [4.78, 5) is 14.7. The molecule has 2 heterocycles. The van der Waals surface area contributed by atoms with E-state index in [9.17, 15) is 4.79 Å². The van der Waals surface area contributed by atoms with Gasteiger partial charge >= 0.3 is 0 Å². The minimum absolute atomic E-state index is 0.246. The molecule has 0 spiro atoms. The lowest BCUT2D eigenvalue weighted by atomic mass is 10.4. The van der Waals surface area contributed by atoms with Crippen LogP contribution in [0, 0.1) is 0 Å². The molecule has 0 radical (unpaired) electrons. The minimum atomic E-state index is -0.532. The molecule has 0 aromatic carbocycles. The number of hydrogen-bond acceptors (Lipinski definition) is 4. The number of amides is 1. The van der Waals surface area contributed by atoms with E-state index >= 15 is 0 Å². The van der Waals surface area contributed by atoms with Gasteiger partial charge in [-0.2, -0.15) is 5.10 Å². The van der Waals surface area contributed by atoms with Gasteiger partial charge in [-0.1, -0.05) is 0 Å². The van der Waals surface area contributed by atoms with Crippen molar-refractivity contribution in [2.75, 3.05) is 0 Å². The van der Waals surface area contributed by atoms with Gasteiger partial charge in [0.05, 0.1) is 0 Å². The van der Waals surface area contributed by atoms with E-state index < -0.39 is 5.91 Å². The van der Waals surface area contributed by atoms with Crippen molar-refractivity contribution in [3.8, 4) is 5.13 Å². The fourth-order valence-corrected chi connectivity index (χ4v) is 1.47. The van der Waals surface area contributed by atoms with E-state index in [1.165, 1.54) is 16.0 Å². The van der Waals surface area contributed by atoms with Crippen molar-refractivity contribution in [1.29, 1.82) is 0 Å². The second kappa shape index (κ2) is 2.98. The SMILES string of the molecule is NC(=O)c1ccn(-c2nccs2)n1. The van der Waals surface area contributed by atoms with Crippen LogP contribution in [0.15, 0.2) is 23.8 Å². The van der Waals surface area contributed by atoms with Crippen LogP contribution < -0.4 is 5.73 Å². The Hall–Kier alpha value is -1.69. The van der Waals surface area contributed by atoms with E-state index in [0.717, 1.165) is 0 Å². The molecule has 0 saturated heterocycles. The van der Waals surface area contributed by atoms with Crippen molar-refractivity contribution in [3.05, 3.63) is 29.5 Å². The van der Waals surface area contributed by atoms with E-state index in [0.29, 0.717) is 5.13 Å². The van der Waals surface area contributed by atoms with Crippen LogP contribution in [-0.4, -0.2) is 20.7 Å². The Bertz CT molecular complexity index is 419. The number of thiazole rings is 1. The van der Waals surface area contributed by atoms with Crippen molar-refractivity contribution >= 4 is 17.2 Å².